The highest BCUT2D eigenvalue weighted by atomic mass is 32.3. The van der Waals surface area contributed by atoms with Crippen molar-refractivity contribution in [1.29, 1.82) is 0 Å². The van der Waals surface area contributed by atoms with Crippen LogP contribution in [0.3, 0.4) is 0 Å². The zero-order chi connectivity index (χ0) is 19.5. The number of sulfone groups is 2. The molecule has 0 aliphatic carbocycles. The van der Waals surface area contributed by atoms with Crippen molar-refractivity contribution >= 4 is 19.7 Å². The molecule has 3 aromatic carbocycles. The topological polar surface area (TPSA) is 68.3 Å². The van der Waals surface area contributed by atoms with Gasteiger partial charge in [-0.3, -0.25) is 0 Å². The van der Waals surface area contributed by atoms with E-state index in [4.69, 9.17) is 0 Å². The second-order valence-corrected chi connectivity index (χ2v) is 10.8. The number of benzene rings is 3. The molecule has 0 saturated carbocycles. The van der Waals surface area contributed by atoms with Crippen LogP contribution >= 0.6 is 0 Å². The molecule has 0 bridgehead atoms. The van der Waals surface area contributed by atoms with Crippen molar-refractivity contribution in [1.82, 2.24) is 0 Å². The summed E-state index contributed by atoms with van der Waals surface area (Å²) in [6.45, 7) is 1.84. The van der Waals surface area contributed by atoms with Crippen molar-refractivity contribution in [2.75, 3.05) is 0 Å². The van der Waals surface area contributed by atoms with Crippen LogP contribution in [0, 0.1) is 6.92 Å². The Kier molecular flexibility index (Phi) is 5.48. The van der Waals surface area contributed by atoms with E-state index in [0.29, 0.717) is 5.56 Å². The second-order valence-electron chi connectivity index (χ2n) is 6.28. The number of rotatable bonds is 6. The van der Waals surface area contributed by atoms with Gasteiger partial charge in [0, 0.05) is 6.42 Å². The first-order valence-corrected chi connectivity index (χ1v) is 11.5. The normalized spacial score (nSPS) is 12.2. The van der Waals surface area contributed by atoms with Gasteiger partial charge in [-0.1, -0.05) is 60.7 Å². The molecule has 4 nitrogen and oxygen atoms in total. The van der Waals surface area contributed by atoms with Crippen LogP contribution < -0.4 is 0 Å². The molecule has 3 aromatic rings. The van der Waals surface area contributed by atoms with Crippen molar-refractivity contribution < 1.29 is 16.8 Å². The van der Waals surface area contributed by atoms with Crippen molar-refractivity contribution in [2.45, 2.75) is 27.7 Å². The van der Waals surface area contributed by atoms with E-state index in [1.165, 1.54) is 24.3 Å². The lowest BCUT2D eigenvalue weighted by Gasteiger charge is -2.19. The summed E-state index contributed by atoms with van der Waals surface area (Å²) in [6.07, 6.45) is -0.110. The molecule has 140 valence electrons. The minimum atomic E-state index is -4.11. The minimum Gasteiger partial charge on any atom is -0.222 e. The van der Waals surface area contributed by atoms with E-state index >= 15 is 0 Å². The SMILES string of the molecule is Cc1ccccc1CC(S(=O)(=O)c1ccccc1)S(=O)(=O)c1ccccc1. The molecule has 0 aliphatic rings. The highest BCUT2D eigenvalue weighted by Gasteiger charge is 2.40. The molecular weight excluding hydrogens is 380 g/mol. The third-order valence-electron chi connectivity index (χ3n) is 4.48. The van der Waals surface area contributed by atoms with Crippen LogP contribution in [0.2, 0.25) is 0 Å². The van der Waals surface area contributed by atoms with Gasteiger partial charge in [0.15, 0.2) is 24.3 Å². The van der Waals surface area contributed by atoms with Crippen LogP contribution in [0.15, 0.2) is 94.7 Å². The molecule has 0 saturated heterocycles. The average molecular weight is 401 g/mol. The van der Waals surface area contributed by atoms with Gasteiger partial charge in [0.25, 0.3) is 0 Å². The fourth-order valence-corrected chi connectivity index (χ4v) is 7.41. The maximum absolute atomic E-state index is 13.3. The molecule has 3 rings (SSSR count). The molecule has 0 aliphatic heterocycles. The Morgan fingerprint density at radius 1 is 0.630 bits per heavy atom. The Bertz CT molecular complexity index is 1050. The molecule has 0 fully saturated rings. The number of hydrogen-bond donors (Lipinski definition) is 0. The summed E-state index contributed by atoms with van der Waals surface area (Å²) in [5.74, 6) is 0. The van der Waals surface area contributed by atoms with Crippen LogP contribution in [0.25, 0.3) is 0 Å². The zero-order valence-corrected chi connectivity index (χ0v) is 16.4. The molecule has 0 unspecified atom stereocenters. The monoisotopic (exact) mass is 400 g/mol. The van der Waals surface area contributed by atoms with Crippen LogP contribution in [-0.2, 0) is 26.1 Å². The molecule has 27 heavy (non-hydrogen) atoms. The molecule has 0 amide bonds. The smallest absolute Gasteiger partial charge is 0.196 e. The maximum Gasteiger partial charge on any atom is 0.196 e. The molecule has 0 aromatic heterocycles. The van der Waals surface area contributed by atoms with Crippen molar-refractivity contribution in [3.63, 3.8) is 0 Å². The van der Waals surface area contributed by atoms with Gasteiger partial charge in [0.05, 0.1) is 9.79 Å². The maximum atomic E-state index is 13.3. The average Bonchev–Trinajstić information content (AvgIpc) is 2.68. The zero-order valence-electron chi connectivity index (χ0n) is 14.8. The molecule has 0 N–H and O–H groups in total. The van der Waals surface area contributed by atoms with Gasteiger partial charge >= 0.3 is 0 Å². The van der Waals surface area contributed by atoms with Gasteiger partial charge in [0.1, 0.15) is 0 Å². The highest BCUT2D eigenvalue weighted by molar-refractivity contribution is 8.09. The van der Waals surface area contributed by atoms with Gasteiger partial charge in [0.2, 0.25) is 0 Å². The Balaban J connectivity index is 2.17. The largest absolute Gasteiger partial charge is 0.222 e. The van der Waals surface area contributed by atoms with E-state index in [2.05, 4.69) is 0 Å². The van der Waals surface area contributed by atoms with E-state index in [1.54, 1.807) is 48.5 Å². The van der Waals surface area contributed by atoms with E-state index in [0.717, 1.165) is 5.56 Å². The van der Waals surface area contributed by atoms with E-state index in [1.807, 2.05) is 19.1 Å². The fourth-order valence-electron chi connectivity index (χ4n) is 2.93. The van der Waals surface area contributed by atoms with E-state index < -0.39 is 24.3 Å². The van der Waals surface area contributed by atoms with Crippen molar-refractivity contribution in [3.8, 4) is 0 Å². The fraction of sp³-hybridized carbons (Fsp3) is 0.143. The molecule has 0 radical (unpaired) electrons. The van der Waals surface area contributed by atoms with Crippen LogP contribution in [0.5, 0.6) is 0 Å². The summed E-state index contributed by atoms with van der Waals surface area (Å²) in [5.41, 5.74) is 1.55. The van der Waals surface area contributed by atoms with Crippen molar-refractivity contribution in [3.05, 3.63) is 96.1 Å². The lowest BCUT2D eigenvalue weighted by molar-refractivity contribution is 0.573. The second kappa shape index (κ2) is 7.66. The van der Waals surface area contributed by atoms with Gasteiger partial charge in [-0.05, 0) is 42.3 Å². The van der Waals surface area contributed by atoms with E-state index in [9.17, 15) is 16.8 Å². The quantitative estimate of drug-likeness (QED) is 0.631. The number of hydrogen-bond acceptors (Lipinski definition) is 4. The Morgan fingerprint density at radius 2 is 1.04 bits per heavy atom. The van der Waals surface area contributed by atoms with E-state index in [-0.39, 0.29) is 16.2 Å². The molecule has 6 heteroatoms. The Morgan fingerprint density at radius 3 is 1.48 bits per heavy atom. The Hall–Kier alpha value is -2.44. The Labute approximate surface area is 160 Å². The predicted octanol–water partition coefficient (Wildman–Crippen LogP) is 3.81. The number of aryl methyl sites for hydroxylation is 1. The van der Waals surface area contributed by atoms with Crippen LogP contribution in [0.1, 0.15) is 11.1 Å². The van der Waals surface area contributed by atoms with Gasteiger partial charge in [-0.2, -0.15) is 0 Å². The first kappa shape index (κ1) is 19.3. The summed E-state index contributed by atoms with van der Waals surface area (Å²) in [5, 5.41) is 0. The van der Waals surface area contributed by atoms with Gasteiger partial charge in [-0.15, -0.1) is 0 Å². The third-order valence-corrected chi connectivity index (χ3v) is 9.58. The molecule has 0 atom stereocenters. The summed E-state index contributed by atoms with van der Waals surface area (Å²) in [7, 11) is -8.22. The summed E-state index contributed by atoms with van der Waals surface area (Å²) in [4.78, 5) is 0.00572. The summed E-state index contributed by atoms with van der Waals surface area (Å²) in [6, 6.07) is 22.7. The van der Waals surface area contributed by atoms with Gasteiger partial charge in [-0.25, -0.2) is 16.8 Å². The highest BCUT2D eigenvalue weighted by Crippen LogP contribution is 2.29. The lowest BCUT2D eigenvalue weighted by atomic mass is 10.1. The standard InChI is InChI=1S/C21H20O4S2/c1-17-10-8-9-11-18(17)16-21(26(22,23)19-12-4-2-5-13-19)27(24,25)20-14-6-3-7-15-20/h2-15,21H,16H2,1H3. The lowest BCUT2D eigenvalue weighted by Crippen LogP contribution is -2.33. The summed E-state index contributed by atoms with van der Waals surface area (Å²) < 4.78 is 51.6. The third kappa shape index (κ3) is 3.96. The van der Waals surface area contributed by atoms with Gasteiger partial charge < -0.3 is 0 Å². The van der Waals surface area contributed by atoms with Crippen LogP contribution in [-0.4, -0.2) is 21.4 Å². The first-order chi connectivity index (χ1) is 12.8. The van der Waals surface area contributed by atoms with Crippen LogP contribution in [0.4, 0.5) is 0 Å². The first-order valence-electron chi connectivity index (χ1n) is 8.46. The predicted molar refractivity (Wildman–Crippen MR) is 106 cm³/mol. The van der Waals surface area contributed by atoms with Crippen molar-refractivity contribution in [2.24, 2.45) is 0 Å². The minimum absolute atomic E-state index is 0.00286. The summed E-state index contributed by atoms with van der Waals surface area (Å²) >= 11 is 0. The molecule has 0 heterocycles. The molecular formula is C21H20O4S2. The molecule has 0 spiro atoms.